The summed E-state index contributed by atoms with van der Waals surface area (Å²) < 4.78 is 7.55. The highest BCUT2D eigenvalue weighted by molar-refractivity contribution is 9.10. The Morgan fingerprint density at radius 2 is 1.89 bits per heavy atom. The normalized spacial score (nSPS) is 10.3. The van der Waals surface area contributed by atoms with E-state index in [0.717, 1.165) is 32.5 Å². The van der Waals surface area contributed by atoms with Gasteiger partial charge in [-0.1, -0.05) is 50.1 Å². The molecule has 2 nitrogen and oxygen atoms in total. The van der Waals surface area contributed by atoms with Crippen LogP contribution in [0.15, 0.2) is 45.3 Å². The molecule has 2 rings (SSSR count). The topological polar surface area (TPSA) is 21.3 Å². The molecule has 1 N–H and O–H groups in total. The number of aryl methyl sites for hydroxylation is 1. The Labute approximate surface area is 130 Å². The van der Waals surface area contributed by atoms with Gasteiger partial charge in [-0.2, -0.15) is 0 Å². The third kappa shape index (κ3) is 3.51. The van der Waals surface area contributed by atoms with Crippen LogP contribution >= 0.6 is 31.9 Å². The minimum absolute atomic E-state index is 0.750. The molecule has 0 unspecified atom stereocenters. The molecule has 0 spiro atoms. The summed E-state index contributed by atoms with van der Waals surface area (Å²) in [5.74, 6) is 0.846. The molecule has 100 valence electrons. The van der Waals surface area contributed by atoms with E-state index in [9.17, 15) is 0 Å². The second-order valence-corrected chi connectivity index (χ2v) is 6.01. The van der Waals surface area contributed by atoms with Crippen molar-refractivity contribution in [2.45, 2.75) is 13.5 Å². The van der Waals surface area contributed by atoms with Gasteiger partial charge in [-0.15, -0.1) is 0 Å². The smallest absolute Gasteiger partial charge is 0.143 e. The zero-order chi connectivity index (χ0) is 13.8. The first-order valence-electron chi connectivity index (χ1n) is 5.93. The number of nitrogens with one attached hydrogen (secondary N) is 1. The van der Waals surface area contributed by atoms with Gasteiger partial charge in [-0.25, -0.2) is 0 Å². The van der Waals surface area contributed by atoms with Crippen molar-refractivity contribution >= 4 is 37.5 Å². The molecular formula is C15H15Br2NO. The van der Waals surface area contributed by atoms with Gasteiger partial charge in [-0.05, 0) is 36.2 Å². The summed E-state index contributed by atoms with van der Waals surface area (Å²) >= 11 is 7.04. The molecule has 0 heterocycles. The molecular weight excluding hydrogens is 370 g/mol. The Balaban J connectivity index is 2.22. The maximum atomic E-state index is 5.42. The summed E-state index contributed by atoms with van der Waals surface area (Å²) in [7, 11) is 1.69. The van der Waals surface area contributed by atoms with E-state index in [1.807, 2.05) is 24.3 Å². The van der Waals surface area contributed by atoms with E-state index in [0.29, 0.717) is 0 Å². The van der Waals surface area contributed by atoms with E-state index >= 15 is 0 Å². The van der Waals surface area contributed by atoms with Crippen molar-refractivity contribution in [3.63, 3.8) is 0 Å². The molecule has 0 bridgehead atoms. The van der Waals surface area contributed by atoms with Gasteiger partial charge in [0.2, 0.25) is 0 Å². The lowest BCUT2D eigenvalue weighted by Gasteiger charge is -2.15. The first kappa shape index (κ1) is 14.4. The van der Waals surface area contributed by atoms with Crippen molar-refractivity contribution in [3.05, 3.63) is 56.5 Å². The third-order valence-electron chi connectivity index (χ3n) is 2.90. The van der Waals surface area contributed by atoms with Gasteiger partial charge in [0.05, 0.1) is 12.8 Å². The van der Waals surface area contributed by atoms with Gasteiger partial charge in [0.25, 0.3) is 0 Å². The molecule has 2 aromatic rings. The molecule has 19 heavy (non-hydrogen) atoms. The Hall–Kier alpha value is -1.00. The zero-order valence-corrected chi connectivity index (χ0v) is 14.0. The molecule has 0 aliphatic rings. The van der Waals surface area contributed by atoms with Crippen LogP contribution in [0.25, 0.3) is 0 Å². The second kappa shape index (κ2) is 6.44. The van der Waals surface area contributed by atoms with Gasteiger partial charge in [0.1, 0.15) is 5.75 Å². The summed E-state index contributed by atoms with van der Waals surface area (Å²) in [6.45, 7) is 2.82. The molecule has 0 amide bonds. The molecule has 0 fully saturated rings. The highest BCUT2D eigenvalue weighted by Gasteiger charge is 2.08. The lowest BCUT2D eigenvalue weighted by Crippen LogP contribution is -2.03. The van der Waals surface area contributed by atoms with E-state index in [2.05, 4.69) is 56.2 Å². The Morgan fingerprint density at radius 3 is 2.58 bits per heavy atom. The number of rotatable bonds is 4. The monoisotopic (exact) mass is 383 g/mol. The Kier molecular flexibility index (Phi) is 4.88. The minimum Gasteiger partial charge on any atom is -0.495 e. The number of hydrogen-bond acceptors (Lipinski definition) is 2. The summed E-state index contributed by atoms with van der Waals surface area (Å²) in [5, 5.41) is 3.44. The van der Waals surface area contributed by atoms with Crippen LogP contribution in [-0.4, -0.2) is 7.11 Å². The highest BCUT2D eigenvalue weighted by atomic mass is 79.9. The largest absolute Gasteiger partial charge is 0.495 e. The van der Waals surface area contributed by atoms with Crippen molar-refractivity contribution in [1.82, 2.24) is 0 Å². The molecule has 0 aliphatic carbocycles. The number of ether oxygens (including phenoxy) is 1. The molecule has 2 aromatic carbocycles. The van der Waals surface area contributed by atoms with Crippen molar-refractivity contribution in [1.29, 1.82) is 0 Å². The summed E-state index contributed by atoms with van der Waals surface area (Å²) in [6.07, 6.45) is 0. The van der Waals surface area contributed by atoms with Crippen LogP contribution < -0.4 is 10.1 Å². The Bertz CT molecular complexity index is 584. The van der Waals surface area contributed by atoms with E-state index in [1.54, 1.807) is 7.11 Å². The first-order valence-corrected chi connectivity index (χ1v) is 7.52. The predicted octanol–water partition coefficient (Wildman–Crippen LogP) is 5.14. The van der Waals surface area contributed by atoms with Gasteiger partial charge in [-0.3, -0.25) is 0 Å². The van der Waals surface area contributed by atoms with Gasteiger partial charge in [0.15, 0.2) is 0 Å². The number of benzene rings is 2. The van der Waals surface area contributed by atoms with E-state index < -0.39 is 0 Å². The van der Waals surface area contributed by atoms with Crippen LogP contribution in [0.1, 0.15) is 11.1 Å². The zero-order valence-electron chi connectivity index (χ0n) is 10.8. The van der Waals surface area contributed by atoms with Crippen LogP contribution in [0.4, 0.5) is 5.69 Å². The molecule has 0 aromatic heterocycles. The average Bonchev–Trinajstić information content (AvgIpc) is 2.38. The van der Waals surface area contributed by atoms with Crippen molar-refractivity contribution in [2.75, 3.05) is 12.4 Å². The Morgan fingerprint density at radius 1 is 1.16 bits per heavy atom. The van der Waals surface area contributed by atoms with Gasteiger partial charge in [0, 0.05) is 15.5 Å². The summed E-state index contributed by atoms with van der Waals surface area (Å²) in [6, 6.07) is 12.2. The fraction of sp³-hybridized carbons (Fsp3) is 0.200. The number of methoxy groups -OCH3 is 1. The molecule has 0 saturated heterocycles. The van der Waals surface area contributed by atoms with Crippen LogP contribution in [-0.2, 0) is 6.54 Å². The molecule has 0 aliphatic heterocycles. The molecule has 0 atom stereocenters. The van der Waals surface area contributed by atoms with E-state index in [4.69, 9.17) is 4.74 Å². The van der Waals surface area contributed by atoms with Crippen molar-refractivity contribution in [2.24, 2.45) is 0 Å². The molecule has 0 radical (unpaired) electrons. The van der Waals surface area contributed by atoms with Crippen LogP contribution in [0.3, 0.4) is 0 Å². The fourth-order valence-corrected chi connectivity index (χ4v) is 2.90. The SMILES string of the molecule is COc1cc(Br)cc(C)c1NCc1ccccc1Br. The predicted molar refractivity (Wildman–Crippen MR) is 86.9 cm³/mol. The lowest BCUT2D eigenvalue weighted by atomic mass is 10.1. The van der Waals surface area contributed by atoms with Crippen LogP contribution in [0, 0.1) is 6.92 Å². The average molecular weight is 385 g/mol. The summed E-state index contributed by atoms with van der Waals surface area (Å²) in [5.41, 5.74) is 3.40. The first-order chi connectivity index (χ1) is 9.11. The highest BCUT2D eigenvalue weighted by Crippen LogP contribution is 2.32. The van der Waals surface area contributed by atoms with Gasteiger partial charge < -0.3 is 10.1 Å². The van der Waals surface area contributed by atoms with Crippen molar-refractivity contribution in [3.8, 4) is 5.75 Å². The van der Waals surface area contributed by atoms with E-state index in [1.165, 1.54) is 5.56 Å². The maximum absolute atomic E-state index is 5.42. The van der Waals surface area contributed by atoms with Crippen LogP contribution in [0.2, 0.25) is 0 Å². The minimum atomic E-state index is 0.750. The standard InChI is InChI=1S/C15H15Br2NO/c1-10-7-12(16)8-14(19-2)15(10)18-9-11-5-3-4-6-13(11)17/h3-8,18H,9H2,1-2H3. The third-order valence-corrected chi connectivity index (χ3v) is 4.13. The maximum Gasteiger partial charge on any atom is 0.143 e. The molecule has 4 heteroatoms. The number of anilines is 1. The summed E-state index contributed by atoms with van der Waals surface area (Å²) in [4.78, 5) is 0. The second-order valence-electron chi connectivity index (χ2n) is 4.24. The van der Waals surface area contributed by atoms with Crippen LogP contribution in [0.5, 0.6) is 5.75 Å². The van der Waals surface area contributed by atoms with Gasteiger partial charge >= 0.3 is 0 Å². The fourth-order valence-electron chi connectivity index (χ4n) is 1.93. The number of hydrogen-bond donors (Lipinski definition) is 1. The molecule has 0 saturated carbocycles. The van der Waals surface area contributed by atoms with Crippen molar-refractivity contribution < 1.29 is 4.74 Å². The quantitative estimate of drug-likeness (QED) is 0.787. The number of halogens is 2. The van der Waals surface area contributed by atoms with E-state index in [-0.39, 0.29) is 0 Å². The lowest BCUT2D eigenvalue weighted by molar-refractivity contribution is 0.416.